The summed E-state index contributed by atoms with van der Waals surface area (Å²) in [6.07, 6.45) is -4.57. The van der Waals surface area contributed by atoms with Gasteiger partial charge in [0.25, 0.3) is 0 Å². The molecular formula is C10H8ClF3N2O. The fourth-order valence-corrected chi connectivity index (χ4v) is 1.48. The average Bonchev–Trinajstić information content (AvgIpc) is 2.70. The normalized spacial score (nSPS) is 15.8. The quantitative estimate of drug-likeness (QED) is 0.777. The average molecular weight is 265 g/mol. The Kier molecular flexibility index (Phi) is 2.91. The van der Waals surface area contributed by atoms with E-state index in [-0.39, 0.29) is 6.73 Å². The number of hydrogen-bond donors (Lipinski definition) is 0. The van der Waals surface area contributed by atoms with Gasteiger partial charge in [-0.3, -0.25) is 0 Å². The fourth-order valence-electron chi connectivity index (χ4n) is 1.30. The van der Waals surface area contributed by atoms with E-state index in [1.54, 1.807) is 25.1 Å². The maximum Gasteiger partial charge on any atom is 0.470 e. The molecule has 0 radical (unpaired) electrons. The lowest BCUT2D eigenvalue weighted by atomic mass is 10.2. The van der Waals surface area contributed by atoms with Gasteiger partial charge in [0.1, 0.15) is 0 Å². The van der Waals surface area contributed by atoms with Crippen LogP contribution in [0.4, 0.5) is 18.9 Å². The third kappa shape index (κ3) is 2.46. The third-order valence-electron chi connectivity index (χ3n) is 2.23. The maximum atomic E-state index is 12.3. The zero-order valence-corrected chi connectivity index (χ0v) is 9.51. The van der Waals surface area contributed by atoms with Crippen LogP contribution in [0.2, 0.25) is 5.02 Å². The summed E-state index contributed by atoms with van der Waals surface area (Å²) in [6, 6.07) is 4.88. The molecule has 0 spiro atoms. The lowest BCUT2D eigenvalue weighted by molar-refractivity contribution is -0.0752. The highest BCUT2D eigenvalue weighted by Gasteiger charge is 2.42. The summed E-state index contributed by atoms with van der Waals surface area (Å²) in [7, 11) is 0. The van der Waals surface area contributed by atoms with Crippen molar-refractivity contribution < 1.29 is 17.9 Å². The first kappa shape index (κ1) is 12.0. The second kappa shape index (κ2) is 4.10. The molecule has 0 saturated carbocycles. The summed E-state index contributed by atoms with van der Waals surface area (Å²) in [4.78, 5) is 0. The molecule has 7 heteroatoms. The van der Waals surface area contributed by atoms with Gasteiger partial charge in [0.05, 0.1) is 5.69 Å². The van der Waals surface area contributed by atoms with Crippen molar-refractivity contribution in [3.8, 4) is 0 Å². The van der Waals surface area contributed by atoms with Gasteiger partial charge in [0, 0.05) is 5.02 Å². The lowest BCUT2D eigenvalue weighted by Crippen LogP contribution is -2.22. The summed E-state index contributed by atoms with van der Waals surface area (Å²) in [5, 5.41) is 4.92. The number of hydrogen-bond acceptors (Lipinski definition) is 3. The molecule has 0 fully saturated rings. The maximum absolute atomic E-state index is 12.3. The molecule has 1 aliphatic rings. The molecule has 2 rings (SSSR count). The number of benzene rings is 1. The molecule has 0 atom stereocenters. The number of alkyl halides is 3. The molecule has 3 nitrogen and oxygen atoms in total. The molecule has 1 aliphatic heterocycles. The minimum Gasteiger partial charge on any atom is -0.450 e. The lowest BCUT2D eigenvalue weighted by Gasteiger charge is -2.12. The van der Waals surface area contributed by atoms with Gasteiger partial charge >= 0.3 is 12.1 Å². The van der Waals surface area contributed by atoms with Crippen LogP contribution in [0.15, 0.2) is 23.3 Å². The van der Waals surface area contributed by atoms with E-state index in [0.717, 1.165) is 10.6 Å². The monoisotopic (exact) mass is 264 g/mol. The van der Waals surface area contributed by atoms with Gasteiger partial charge < -0.3 is 4.74 Å². The minimum absolute atomic E-state index is 0.270. The Balaban J connectivity index is 2.25. The number of anilines is 1. The number of aryl methyl sites for hydroxylation is 1. The van der Waals surface area contributed by atoms with Crippen LogP contribution in [0.3, 0.4) is 0 Å². The fraction of sp³-hybridized carbons (Fsp3) is 0.300. The van der Waals surface area contributed by atoms with Crippen molar-refractivity contribution in [3.05, 3.63) is 28.8 Å². The Hall–Kier alpha value is -1.43. The van der Waals surface area contributed by atoms with Gasteiger partial charge in [-0.25, -0.2) is 5.01 Å². The molecule has 92 valence electrons. The second-order valence-electron chi connectivity index (χ2n) is 3.51. The van der Waals surface area contributed by atoms with Crippen LogP contribution in [-0.4, -0.2) is 18.8 Å². The summed E-state index contributed by atoms with van der Waals surface area (Å²) < 4.78 is 41.3. The summed E-state index contributed by atoms with van der Waals surface area (Å²) >= 11 is 5.88. The Morgan fingerprint density at radius 2 is 2.12 bits per heavy atom. The highest BCUT2D eigenvalue weighted by molar-refractivity contribution is 6.31. The zero-order chi connectivity index (χ0) is 12.6. The molecule has 0 unspecified atom stereocenters. The van der Waals surface area contributed by atoms with Crippen molar-refractivity contribution in [3.63, 3.8) is 0 Å². The molecule has 0 saturated heterocycles. The van der Waals surface area contributed by atoms with Crippen LogP contribution in [-0.2, 0) is 4.74 Å². The summed E-state index contributed by atoms with van der Waals surface area (Å²) in [5.41, 5.74) is 1.30. The first-order valence-electron chi connectivity index (χ1n) is 4.70. The summed E-state index contributed by atoms with van der Waals surface area (Å²) in [6.45, 7) is 1.53. The largest absolute Gasteiger partial charge is 0.470 e. The van der Waals surface area contributed by atoms with E-state index in [2.05, 4.69) is 9.84 Å². The first-order chi connectivity index (χ1) is 7.88. The van der Waals surface area contributed by atoms with Crippen molar-refractivity contribution in [2.75, 3.05) is 11.7 Å². The molecule has 0 bridgehead atoms. The number of halogens is 4. The molecule has 1 aromatic rings. The number of rotatable bonds is 1. The number of ether oxygens (including phenoxy) is 1. The summed E-state index contributed by atoms with van der Waals surface area (Å²) in [5.74, 6) is -1.24. The molecule has 0 aliphatic carbocycles. The first-order valence-corrected chi connectivity index (χ1v) is 5.08. The van der Waals surface area contributed by atoms with Gasteiger partial charge in [-0.15, -0.1) is 5.10 Å². The van der Waals surface area contributed by atoms with E-state index in [0.29, 0.717) is 10.7 Å². The highest BCUT2D eigenvalue weighted by atomic mass is 35.5. The second-order valence-corrected chi connectivity index (χ2v) is 3.92. The molecule has 0 N–H and O–H groups in total. The van der Waals surface area contributed by atoms with Crippen molar-refractivity contribution in [2.45, 2.75) is 13.1 Å². The topological polar surface area (TPSA) is 24.8 Å². The minimum atomic E-state index is -4.57. The van der Waals surface area contributed by atoms with Crippen molar-refractivity contribution in [1.82, 2.24) is 0 Å². The van der Waals surface area contributed by atoms with E-state index in [9.17, 15) is 13.2 Å². The predicted octanol–water partition coefficient (Wildman–Crippen LogP) is 3.32. The van der Waals surface area contributed by atoms with Gasteiger partial charge in [-0.1, -0.05) is 17.7 Å². The Morgan fingerprint density at radius 3 is 2.65 bits per heavy atom. The van der Waals surface area contributed by atoms with Gasteiger partial charge in [-0.05, 0) is 24.6 Å². The SMILES string of the molecule is Cc1ccc(N2COC(C(F)(F)F)=N2)cc1Cl. The molecule has 0 aromatic heterocycles. The highest BCUT2D eigenvalue weighted by Crippen LogP contribution is 2.28. The smallest absolute Gasteiger partial charge is 0.450 e. The van der Waals surface area contributed by atoms with E-state index < -0.39 is 12.1 Å². The number of hydrazone groups is 1. The molecule has 17 heavy (non-hydrogen) atoms. The molecule has 0 amide bonds. The predicted molar refractivity (Wildman–Crippen MR) is 58.1 cm³/mol. The van der Waals surface area contributed by atoms with Gasteiger partial charge in [-0.2, -0.15) is 13.2 Å². The van der Waals surface area contributed by atoms with Crippen molar-refractivity contribution >= 4 is 23.2 Å². The van der Waals surface area contributed by atoms with Crippen molar-refractivity contribution in [2.24, 2.45) is 5.10 Å². The van der Waals surface area contributed by atoms with Crippen LogP contribution in [0.1, 0.15) is 5.56 Å². The standard InChI is InChI=1S/C10H8ClF3N2O/c1-6-2-3-7(4-8(6)11)16-5-17-9(15-16)10(12,13)14/h2-4H,5H2,1H3. The van der Waals surface area contributed by atoms with Crippen molar-refractivity contribution in [1.29, 1.82) is 0 Å². The van der Waals surface area contributed by atoms with Crippen LogP contribution < -0.4 is 5.01 Å². The van der Waals surface area contributed by atoms with E-state index >= 15 is 0 Å². The Labute approximate surface area is 100 Å². The van der Waals surface area contributed by atoms with Gasteiger partial charge in [0.2, 0.25) is 0 Å². The molecule has 1 heterocycles. The van der Waals surface area contributed by atoms with E-state index in [1.807, 2.05) is 0 Å². The molecular weight excluding hydrogens is 257 g/mol. The van der Waals surface area contributed by atoms with E-state index in [1.165, 1.54) is 0 Å². The molecule has 1 aromatic carbocycles. The van der Waals surface area contributed by atoms with Crippen LogP contribution in [0, 0.1) is 6.92 Å². The zero-order valence-electron chi connectivity index (χ0n) is 8.75. The van der Waals surface area contributed by atoms with Gasteiger partial charge in [0.15, 0.2) is 6.73 Å². The van der Waals surface area contributed by atoms with Crippen LogP contribution in [0.25, 0.3) is 0 Å². The van der Waals surface area contributed by atoms with Crippen LogP contribution >= 0.6 is 11.6 Å². The third-order valence-corrected chi connectivity index (χ3v) is 2.64. The number of nitrogens with zero attached hydrogens (tertiary/aromatic N) is 2. The van der Waals surface area contributed by atoms with Crippen LogP contribution in [0.5, 0.6) is 0 Å². The van der Waals surface area contributed by atoms with E-state index in [4.69, 9.17) is 11.6 Å². The Morgan fingerprint density at radius 1 is 1.41 bits per heavy atom. The Bertz CT molecular complexity index is 473.